The quantitative estimate of drug-likeness (QED) is 0.639. The topological polar surface area (TPSA) is 37.3 Å². The fraction of sp³-hybridized carbons (Fsp3) is 0.917. The van der Waals surface area contributed by atoms with E-state index >= 15 is 0 Å². The van der Waals surface area contributed by atoms with Crippen molar-refractivity contribution in [2.45, 2.75) is 51.0 Å². The van der Waals surface area contributed by atoms with Crippen LogP contribution in [0.25, 0.3) is 0 Å². The Kier molecular flexibility index (Phi) is 1.79. The molecule has 0 amide bonds. The highest BCUT2D eigenvalue weighted by molar-refractivity contribution is 5.88. The first-order valence-corrected chi connectivity index (χ1v) is 5.96. The third kappa shape index (κ3) is 0.881. The normalized spacial score (nSPS) is 51.8. The Hall–Kier alpha value is -0.370. The molecule has 14 heavy (non-hydrogen) atoms. The molecule has 0 aromatic rings. The summed E-state index contributed by atoms with van der Waals surface area (Å²) in [7, 11) is 0. The zero-order valence-electron chi connectivity index (χ0n) is 8.54. The van der Waals surface area contributed by atoms with E-state index in [1.807, 2.05) is 0 Å². The molecular weight excluding hydrogens is 176 g/mol. The van der Waals surface area contributed by atoms with Crippen molar-refractivity contribution in [3.63, 3.8) is 0 Å². The summed E-state index contributed by atoms with van der Waals surface area (Å²) >= 11 is 0. The number of aliphatic hydroxyl groups excluding tert-OH is 1. The van der Waals surface area contributed by atoms with E-state index in [0.29, 0.717) is 11.7 Å². The number of carbonyl (C=O) groups is 1. The van der Waals surface area contributed by atoms with Crippen molar-refractivity contribution in [1.82, 2.24) is 0 Å². The number of ketones is 1. The van der Waals surface area contributed by atoms with Crippen LogP contribution in [0.5, 0.6) is 0 Å². The summed E-state index contributed by atoms with van der Waals surface area (Å²) in [6.07, 6.45) is 6.86. The molecule has 3 fully saturated rings. The van der Waals surface area contributed by atoms with Gasteiger partial charge in [0, 0.05) is 6.42 Å². The van der Waals surface area contributed by atoms with Crippen LogP contribution >= 0.6 is 0 Å². The highest BCUT2D eigenvalue weighted by Crippen LogP contribution is 2.60. The maximum absolute atomic E-state index is 12.0. The lowest BCUT2D eigenvalue weighted by Crippen LogP contribution is -2.40. The molecule has 1 N–H and O–H groups in total. The maximum atomic E-state index is 12.0. The highest BCUT2D eigenvalue weighted by atomic mass is 16.3. The molecule has 0 spiro atoms. The van der Waals surface area contributed by atoms with Crippen LogP contribution in [0.2, 0.25) is 0 Å². The molecule has 0 aromatic carbocycles. The lowest BCUT2D eigenvalue weighted by Gasteiger charge is -2.32. The van der Waals surface area contributed by atoms with E-state index in [-0.39, 0.29) is 11.5 Å². The Morgan fingerprint density at radius 2 is 2.07 bits per heavy atom. The predicted molar refractivity (Wildman–Crippen MR) is 52.7 cm³/mol. The number of hydrogen-bond donors (Lipinski definition) is 1. The molecule has 0 radical (unpaired) electrons. The second kappa shape index (κ2) is 2.82. The number of rotatable bonds is 0. The van der Waals surface area contributed by atoms with Crippen LogP contribution in [0.15, 0.2) is 0 Å². The van der Waals surface area contributed by atoms with Gasteiger partial charge in [-0.3, -0.25) is 4.79 Å². The molecule has 2 bridgehead atoms. The first kappa shape index (κ1) is 8.90. The van der Waals surface area contributed by atoms with Crippen LogP contribution in [0, 0.1) is 17.3 Å². The van der Waals surface area contributed by atoms with E-state index in [9.17, 15) is 9.90 Å². The summed E-state index contributed by atoms with van der Waals surface area (Å²) < 4.78 is 0. The third-order valence-corrected chi connectivity index (χ3v) is 5.01. The molecule has 1 unspecified atom stereocenters. The molecule has 2 nitrogen and oxygen atoms in total. The van der Waals surface area contributed by atoms with Gasteiger partial charge < -0.3 is 5.11 Å². The number of Topliss-reactive ketones (excluding diaryl/α,β-unsaturated/α-hetero) is 1. The zero-order valence-corrected chi connectivity index (χ0v) is 8.54. The van der Waals surface area contributed by atoms with Crippen molar-refractivity contribution in [3.05, 3.63) is 0 Å². The van der Waals surface area contributed by atoms with E-state index in [0.717, 1.165) is 38.0 Å². The summed E-state index contributed by atoms with van der Waals surface area (Å²) in [6, 6.07) is 0. The molecule has 0 aliphatic heterocycles. The second-order valence-corrected chi connectivity index (χ2v) is 5.35. The minimum Gasteiger partial charge on any atom is -0.392 e. The third-order valence-electron chi connectivity index (χ3n) is 5.01. The SMILES string of the molecule is O=C1CC[C@H]2C3CCC[C@@H](O)[C@]12CC3. The number of aliphatic hydroxyl groups is 1. The van der Waals surface area contributed by atoms with Gasteiger partial charge in [-0.05, 0) is 37.5 Å². The van der Waals surface area contributed by atoms with Gasteiger partial charge >= 0.3 is 0 Å². The molecule has 3 rings (SSSR count). The van der Waals surface area contributed by atoms with Crippen molar-refractivity contribution >= 4 is 5.78 Å². The zero-order chi connectivity index (χ0) is 9.76. The largest absolute Gasteiger partial charge is 0.392 e. The van der Waals surface area contributed by atoms with Crippen molar-refractivity contribution in [2.75, 3.05) is 0 Å². The van der Waals surface area contributed by atoms with Crippen molar-refractivity contribution in [2.24, 2.45) is 17.3 Å². The fourth-order valence-electron chi connectivity index (χ4n) is 4.37. The van der Waals surface area contributed by atoms with E-state index in [2.05, 4.69) is 0 Å². The van der Waals surface area contributed by atoms with Crippen LogP contribution in [0.3, 0.4) is 0 Å². The van der Waals surface area contributed by atoms with Crippen LogP contribution in [-0.4, -0.2) is 17.0 Å². The average Bonchev–Trinajstić information content (AvgIpc) is 2.62. The first-order valence-electron chi connectivity index (χ1n) is 5.96. The molecule has 3 aliphatic carbocycles. The standard InChI is InChI=1S/C12H18O2/c13-10-3-1-2-8-6-7-12(10)9(8)4-5-11(12)14/h8-10,13H,1-7H2/t8?,9-,10+,12+/m0/s1. The van der Waals surface area contributed by atoms with E-state index < -0.39 is 0 Å². The Labute approximate surface area is 84.7 Å². The highest BCUT2D eigenvalue weighted by Gasteiger charge is 2.60. The van der Waals surface area contributed by atoms with Gasteiger partial charge in [0.25, 0.3) is 0 Å². The van der Waals surface area contributed by atoms with Crippen molar-refractivity contribution in [1.29, 1.82) is 0 Å². The molecule has 0 saturated heterocycles. The smallest absolute Gasteiger partial charge is 0.141 e. The molecule has 2 heteroatoms. The Balaban J connectivity index is 2.05. The van der Waals surface area contributed by atoms with E-state index in [4.69, 9.17) is 0 Å². The van der Waals surface area contributed by atoms with E-state index in [1.54, 1.807) is 0 Å². The lowest BCUT2D eigenvalue weighted by atomic mass is 9.73. The van der Waals surface area contributed by atoms with Gasteiger partial charge in [0.15, 0.2) is 0 Å². The van der Waals surface area contributed by atoms with Gasteiger partial charge in [0.05, 0.1) is 11.5 Å². The van der Waals surface area contributed by atoms with Gasteiger partial charge in [-0.25, -0.2) is 0 Å². The molecule has 78 valence electrons. The fourth-order valence-corrected chi connectivity index (χ4v) is 4.37. The second-order valence-electron chi connectivity index (χ2n) is 5.35. The summed E-state index contributed by atoms with van der Waals surface area (Å²) in [5.41, 5.74) is -0.277. The summed E-state index contributed by atoms with van der Waals surface area (Å²) in [4.78, 5) is 12.0. The lowest BCUT2D eigenvalue weighted by molar-refractivity contribution is -0.133. The van der Waals surface area contributed by atoms with Crippen LogP contribution in [0.4, 0.5) is 0 Å². The van der Waals surface area contributed by atoms with Gasteiger partial charge in [-0.1, -0.05) is 12.8 Å². The Morgan fingerprint density at radius 1 is 1.21 bits per heavy atom. The van der Waals surface area contributed by atoms with Crippen LogP contribution in [-0.2, 0) is 4.79 Å². The van der Waals surface area contributed by atoms with Gasteiger partial charge in [0.1, 0.15) is 5.78 Å². The molecule has 3 saturated carbocycles. The van der Waals surface area contributed by atoms with Gasteiger partial charge in [-0.15, -0.1) is 0 Å². The molecule has 4 atom stereocenters. The van der Waals surface area contributed by atoms with E-state index in [1.165, 1.54) is 12.8 Å². The van der Waals surface area contributed by atoms with Gasteiger partial charge in [0.2, 0.25) is 0 Å². The number of carbonyl (C=O) groups excluding carboxylic acids is 1. The summed E-state index contributed by atoms with van der Waals surface area (Å²) in [5, 5.41) is 10.2. The average molecular weight is 194 g/mol. The summed E-state index contributed by atoms with van der Waals surface area (Å²) in [5.74, 6) is 1.66. The molecule has 3 aliphatic rings. The minimum atomic E-state index is -0.324. The molecular formula is C12H18O2. The van der Waals surface area contributed by atoms with Crippen LogP contribution in [0.1, 0.15) is 44.9 Å². The minimum absolute atomic E-state index is 0.277. The Bertz CT molecular complexity index is 273. The maximum Gasteiger partial charge on any atom is 0.141 e. The first-order chi connectivity index (χ1) is 6.75. The summed E-state index contributed by atoms with van der Waals surface area (Å²) in [6.45, 7) is 0. The Morgan fingerprint density at radius 3 is 2.93 bits per heavy atom. The van der Waals surface area contributed by atoms with Gasteiger partial charge in [-0.2, -0.15) is 0 Å². The predicted octanol–water partition coefficient (Wildman–Crippen LogP) is 1.91. The molecule has 0 aromatic heterocycles. The molecule has 0 heterocycles. The van der Waals surface area contributed by atoms with Crippen molar-refractivity contribution < 1.29 is 9.90 Å². The van der Waals surface area contributed by atoms with Crippen LogP contribution < -0.4 is 0 Å². The monoisotopic (exact) mass is 194 g/mol. The van der Waals surface area contributed by atoms with Crippen molar-refractivity contribution in [3.8, 4) is 0 Å². The number of hydrogen-bond acceptors (Lipinski definition) is 2.